The van der Waals surface area contributed by atoms with E-state index < -0.39 is 6.09 Å². The lowest BCUT2D eigenvalue weighted by atomic mass is 10.1. The summed E-state index contributed by atoms with van der Waals surface area (Å²) in [6, 6.07) is 8.27. The van der Waals surface area contributed by atoms with E-state index in [0.717, 1.165) is 30.7 Å². The number of hydrogen-bond acceptors (Lipinski definition) is 1. The van der Waals surface area contributed by atoms with Crippen molar-refractivity contribution in [2.45, 2.75) is 38.6 Å². The smallest absolute Gasteiger partial charge is 0.404 e. The Morgan fingerprint density at radius 1 is 1.47 bits per heavy atom. The summed E-state index contributed by atoms with van der Waals surface area (Å²) in [5, 5.41) is 11.2. The molecular formula is C13H18ClNO2. The van der Waals surface area contributed by atoms with Crippen LogP contribution < -0.4 is 5.32 Å². The highest BCUT2D eigenvalue weighted by atomic mass is 35.5. The predicted octanol–water partition coefficient (Wildman–Crippen LogP) is 3.71. The van der Waals surface area contributed by atoms with E-state index in [9.17, 15) is 4.79 Å². The van der Waals surface area contributed by atoms with Crippen LogP contribution in [0.25, 0.3) is 0 Å². The molecule has 1 aliphatic carbocycles. The van der Waals surface area contributed by atoms with Crippen molar-refractivity contribution < 1.29 is 9.90 Å². The summed E-state index contributed by atoms with van der Waals surface area (Å²) in [7, 11) is 0. The predicted molar refractivity (Wildman–Crippen MR) is 69.6 cm³/mol. The van der Waals surface area contributed by atoms with Crippen molar-refractivity contribution in [1.29, 1.82) is 0 Å². The number of carboxylic acid groups (broad SMARTS) is 1. The third kappa shape index (κ3) is 6.17. The normalized spacial score (nSPS) is 13.5. The van der Waals surface area contributed by atoms with Crippen LogP contribution in [0.2, 0.25) is 5.02 Å². The summed E-state index contributed by atoms with van der Waals surface area (Å²) in [5.41, 5.74) is 1.26. The second-order valence-corrected chi connectivity index (χ2v) is 4.47. The number of nitrogens with one attached hydrogen (secondary N) is 1. The van der Waals surface area contributed by atoms with E-state index in [4.69, 9.17) is 16.7 Å². The van der Waals surface area contributed by atoms with Gasteiger partial charge in [0, 0.05) is 11.1 Å². The zero-order chi connectivity index (χ0) is 12.7. The molecule has 3 nitrogen and oxygen atoms in total. The molecule has 0 spiro atoms. The first-order valence-electron chi connectivity index (χ1n) is 5.86. The molecule has 0 bridgehead atoms. The number of halogens is 1. The molecule has 0 atom stereocenters. The number of amides is 1. The van der Waals surface area contributed by atoms with Crippen LogP contribution in [0.1, 0.15) is 31.7 Å². The lowest BCUT2D eigenvalue weighted by molar-refractivity contribution is 0.194. The Labute approximate surface area is 107 Å². The molecule has 1 aromatic carbocycles. The van der Waals surface area contributed by atoms with Gasteiger partial charge in [-0.15, -0.1) is 0 Å². The number of carbonyl (C=O) groups is 1. The minimum atomic E-state index is -0.900. The van der Waals surface area contributed by atoms with Gasteiger partial charge in [-0.2, -0.15) is 0 Å². The number of hydrogen-bond donors (Lipinski definition) is 2. The van der Waals surface area contributed by atoms with Crippen molar-refractivity contribution in [3.8, 4) is 0 Å². The Hall–Kier alpha value is -1.22. The lowest BCUT2D eigenvalue weighted by Gasteiger charge is -1.99. The maximum Gasteiger partial charge on any atom is 0.404 e. The number of rotatable bonds is 3. The van der Waals surface area contributed by atoms with E-state index >= 15 is 0 Å². The Bertz CT molecular complexity index is 364. The van der Waals surface area contributed by atoms with Gasteiger partial charge in [0.2, 0.25) is 0 Å². The van der Waals surface area contributed by atoms with Crippen LogP contribution in [-0.2, 0) is 6.42 Å². The number of benzene rings is 1. The Balaban J connectivity index is 0.000000181. The molecule has 0 aromatic heterocycles. The lowest BCUT2D eigenvalue weighted by Crippen LogP contribution is -2.22. The molecule has 1 fully saturated rings. The van der Waals surface area contributed by atoms with Gasteiger partial charge in [-0.25, -0.2) is 4.79 Å². The van der Waals surface area contributed by atoms with E-state index in [2.05, 4.69) is 18.3 Å². The van der Waals surface area contributed by atoms with E-state index in [1.165, 1.54) is 5.56 Å². The molecule has 0 saturated heterocycles. The van der Waals surface area contributed by atoms with Gasteiger partial charge in [-0.3, -0.25) is 0 Å². The second kappa shape index (κ2) is 7.17. The largest absolute Gasteiger partial charge is 0.465 e. The maximum atomic E-state index is 9.74. The van der Waals surface area contributed by atoms with Crippen LogP contribution in [0.15, 0.2) is 24.3 Å². The molecule has 94 valence electrons. The summed E-state index contributed by atoms with van der Waals surface area (Å²) in [6.07, 6.45) is 3.38. The SMILES string of the molecule is CCCc1ccccc1Cl.O=C(O)NC1CC1. The second-order valence-electron chi connectivity index (χ2n) is 4.07. The van der Waals surface area contributed by atoms with E-state index in [1.807, 2.05) is 18.2 Å². The minimum Gasteiger partial charge on any atom is -0.465 e. The summed E-state index contributed by atoms with van der Waals surface area (Å²) in [4.78, 5) is 9.74. The van der Waals surface area contributed by atoms with Gasteiger partial charge in [0.05, 0.1) is 0 Å². The first-order valence-corrected chi connectivity index (χ1v) is 6.24. The van der Waals surface area contributed by atoms with Crippen LogP contribution in [0, 0.1) is 0 Å². The maximum absolute atomic E-state index is 9.74. The quantitative estimate of drug-likeness (QED) is 0.865. The van der Waals surface area contributed by atoms with Crippen molar-refractivity contribution >= 4 is 17.7 Å². The van der Waals surface area contributed by atoms with Crippen molar-refractivity contribution in [1.82, 2.24) is 5.32 Å². The fraction of sp³-hybridized carbons (Fsp3) is 0.462. The topological polar surface area (TPSA) is 49.3 Å². The molecule has 17 heavy (non-hydrogen) atoms. The average Bonchev–Trinajstić information content (AvgIpc) is 3.06. The van der Waals surface area contributed by atoms with Gasteiger partial charge in [0.15, 0.2) is 0 Å². The standard InChI is InChI=1S/C9H11Cl.C4H7NO2/c1-2-5-8-6-3-4-7-9(8)10;6-4(7)5-3-1-2-3/h3-4,6-7H,2,5H2,1H3;3,5H,1-2H2,(H,6,7). The van der Waals surface area contributed by atoms with Gasteiger partial charge in [0.25, 0.3) is 0 Å². The zero-order valence-corrected chi connectivity index (χ0v) is 10.7. The van der Waals surface area contributed by atoms with Crippen LogP contribution in [0.4, 0.5) is 4.79 Å². The number of aryl methyl sites for hydroxylation is 1. The van der Waals surface area contributed by atoms with Crippen molar-refractivity contribution in [3.63, 3.8) is 0 Å². The fourth-order valence-corrected chi connectivity index (χ4v) is 1.60. The molecule has 1 saturated carbocycles. The summed E-state index contributed by atoms with van der Waals surface area (Å²) in [6.45, 7) is 2.16. The Morgan fingerprint density at radius 2 is 2.12 bits per heavy atom. The summed E-state index contributed by atoms with van der Waals surface area (Å²) < 4.78 is 0. The minimum absolute atomic E-state index is 0.275. The Morgan fingerprint density at radius 3 is 2.53 bits per heavy atom. The van der Waals surface area contributed by atoms with Crippen molar-refractivity contribution in [2.75, 3.05) is 0 Å². The van der Waals surface area contributed by atoms with E-state index in [-0.39, 0.29) is 6.04 Å². The van der Waals surface area contributed by atoms with E-state index in [1.54, 1.807) is 0 Å². The first kappa shape index (κ1) is 13.8. The zero-order valence-electron chi connectivity index (χ0n) is 9.95. The van der Waals surface area contributed by atoms with Crippen LogP contribution in [0.3, 0.4) is 0 Å². The summed E-state index contributed by atoms with van der Waals surface area (Å²) in [5.74, 6) is 0. The first-order chi connectivity index (χ1) is 8.13. The van der Waals surface area contributed by atoms with Gasteiger partial charge in [-0.05, 0) is 30.9 Å². The third-order valence-electron chi connectivity index (χ3n) is 2.38. The molecule has 1 amide bonds. The van der Waals surface area contributed by atoms with Gasteiger partial charge in [-0.1, -0.05) is 43.1 Å². The molecule has 1 aromatic rings. The molecule has 0 radical (unpaired) electrons. The van der Waals surface area contributed by atoms with Gasteiger partial charge in [0.1, 0.15) is 0 Å². The van der Waals surface area contributed by atoms with Crippen LogP contribution >= 0.6 is 11.6 Å². The highest BCUT2D eigenvalue weighted by Gasteiger charge is 2.22. The monoisotopic (exact) mass is 255 g/mol. The Kier molecular flexibility index (Phi) is 5.84. The molecule has 0 unspecified atom stereocenters. The van der Waals surface area contributed by atoms with Crippen molar-refractivity contribution in [2.24, 2.45) is 0 Å². The average molecular weight is 256 g/mol. The molecule has 2 rings (SSSR count). The molecule has 1 aliphatic rings. The third-order valence-corrected chi connectivity index (χ3v) is 2.75. The summed E-state index contributed by atoms with van der Waals surface area (Å²) >= 11 is 5.90. The van der Waals surface area contributed by atoms with Crippen LogP contribution in [-0.4, -0.2) is 17.2 Å². The molecule has 0 aliphatic heterocycles. The highest BCUT2D eigenvalue weighted by Crippen LogP contribution is 2.18. The molecular weight excluding hydrogens is 238 g/mol. The van der Waals surface area contributed by atoms with Crippen molar-refractivity contribution in [3.05, 3.63) is 34.9 Å². The van der Waals surface area contributed by atoms with E-state index in [0.29, 0.717) is 0 Å². The van der Waals surface area contributed by atoms with Gasteiger partial charge < -0.3 is 10.4 Å². The fourth-order valence-electron chi connectivity index (χ4n) is 1.37. The van der Waals surface area contributed by atoms with Gasteiger partial charge >= 0.3 is 6.09 Å². The highest BCUT2D eigenvalue weighted by molar-refractivity contribution is 6.31. The molecule has 2 N–H and O–H groups in total. The molecule has 0 heterocycles. The molecule has 4 heteroatoms. The van der Waals surface area contributed by atoms with Crippen LogP contribution in [0.5, 0.6) is 0 Å².